The predicted molar refractivity (Wildman–Crippen MR) is 291 cm³/mol. The molecular weight excluding hydrogens is 948 g/mol. The number of carboxylic acid groups (broad SMARTS) is 1. The molecule has 4 aliphatic heterocycles. The Kier molecular flexibility index (Phi) is 22.2. The van der Waals surface area contributed by atoms with Gasteiger partial charge in [0.1, 0.15) is 12.1 Å². The van der Waals surface area contributed by atoms with E-state index in [9.17, 15) is 24.3 Å². The van der Waals surface area contributed by atoms with E-state index in [1.807, 2.05) is 127 Å². The maximum absolute atomic E-state index is 14.2. The van der Waals surface area contributed by atoms with Crippen LogP contribution in [0, 0.1) is 11.8 Å². The molecule has 13 heteroatoms. The van der Waals surface area contributed by atoms with Crippen molar-refractivity contribution in [3.63, 3.8) is 0 Å². The van der Waals surface area contributed by atoms with E-state index in [0.717, 1.165) is 74.1 Å². The summed E-state index contributed by atoms with van der Waals surface area (Å²) >= 11 is 0. The molecule has 4 heterocycles. The minimum atomic E-state index is -0.913. The van der Waals surface area contributed by atoms with Crippen molar-refractivity contribution in [2.24, 2.45) is 11.8 Å². The van der Waals surface area contributed by atoms with Gasteiger partial charge in [0.2, 0.25) is 11.8 Å². The van der Waals surface area contributed by atoms with Crippen LogP contribution >= 0.6 is 0 Å². The second-order valence-corrected chi connectivity index (χ2v) is 20.5. The van der Waals surface area contributed by atoms with Crippen LogP contribution < -0.4 is 18.9 Å². The van der Waals surface area contributed by atoms with E-state index in [1.54, 1.807) is 9.80 Å². The number of carbonyl (C=O) groups excluding carboxylic acids is 3. The number of carboxylic acids is 1. The molecule has 12 nitrogen and oxygen atoms in total. The molecule has 10 rings (SSSR count). The zero-order valence-corrected chi connectivity index (χ0v) is 44.1. The van der Waals surface area contributed by atoms with E-state index in [4.69, 9.17) is 4.74 Å². The molecule has 0 bridgehead atoms. The summed E-state index contributed by atoms with van der Waals surface area (Å²) in [7, 11) is 1.42. The average Bonchev–Trinajstić information content (AvgIpc) is 4.11. The van der Waals surface area contributed by atoms with Crippen LogP contribution in [0.5, 0.6) is 0 Å². The molecule has 0 saturated carbocycles. The Morgan fingerprint density at radius 2 is 0.816 bits per heavy atom. The number of aliphatic carboxylic acids is 1. The van der Waals surface area contributed by atoms with Crippen molar-refractivity contribution in [1.29, 1.82) is 0 Å². The molecular formula is C63H73LiN4O8. The van der Waals surface area contributed by atoms with Crippen LogP contribution in [0.2, 0.25) is 0 Å². The molecule has 0 aliphatic carbocycles. The molecule has 0 spiro atoms. The molecule has 6 aromatic rings. The first kappa shape index (κ1) is 58.9. The quantitative estimate of drug-likeness (QED) is 0.106. The molecule has 2 amide bonds. The first-order chi connectivity index (χ1) is 35.7. The Balaban J connectivity index is 0.000000237. The van der Waals surface area contributed by atoms with Crippen molar-refractivity contribution in [2.45, 2.75) is 87.4 Å². The van der Waals surface area contributed by atoms with Gasteiger partial charge in [-0.25, -0.2) is 9.59 Å². The number of likely N-dealkylation sites (tertiary alicyclic amines) is 4. The van der Waals surface area contributed by atoms with Gasteiger partial charge in [-0.15, -0.1) is 0 Å². The largest absolute Gasteiger partial charge is 1.00 e. The fourth-order valence-electron chi connectivity index (χ4n) is 12.2. The Labute approximate surface area is 460 Å². The molecule has 0 radical (unpaired) electrons. The molecule has 2 unspecified atom stereocenters. The average molecular weight is 1020 g/mol. The number of esters is 1. The standard InChI is InChI=1S/C32H36N2O3.C31H34N2O3.Li.2H2O/c1-37-32(36)29-21-28(33-19-11-14-25(22-33)20-24-12-5-2-6-13-24)23-34(29)31(35)30(26-15-7-3-8-16-26)27-17-9-4-10-18-27;34-30(29(25-14-6-2-7-15-25)26-16-8-3-9-17-26)33-22-27(20-28(33)31(35)36)32-18-10-13-24(21-32)19-23-11-4-1-5-12-23;;;/h2-10,12-13,15-18,25,28-30H,11,14,19-23H2,1H3;1-9,11-12,14-17,24,27-29H,10,13,18-22H2,(H,35,36);;2*1H2/q;;+1;;/p-1/t25?,28-,29-;24?,27-,28-;;;/m00.../s1. The van der Waals surface area contributed by atoms with Gasteiger partial charge in [0, 0.05) is 38.3 Å². The Bertz CT molecular complexity index is 2630. The van der Waals surface area contributed by atoms with Gasteiger partial charge in [-0.2, -0.15) is 0 Å². The van der Waals surface area contributed by atoms with Crippen LogP contribution in [0.3, 0.4) is 0 Å². The van der Waals surface area contributed by atoms with E-state index < -0.39 is 29.9 Å². The minimum Gasteiger partial charge on any atom is -0.870 e. The van der Waals surface area contributed by atoms with Crippen molar-refractivity contribution in [1.82, 2.24) is 19.6 Å². The summed E-state index contributed by atoms with van der Waals surface area (Å²) in [5.74, 6) is -1.24. The van der Waals surface area contributed by atoms with Gasteiger partial charge < -0.3 is 30.6 Å². The number of nitrogens with zero attached hydrogens (tertiary/aromatic N) is 4. The van der Waals surface area contributed by atoms with E-state index in [2.05, 4.69) is 64.4 Å². The minimum absolute atomic E-state index is 0. The number of hydrogen-bond donors (Lipinski definition) is 1. The van der Waals surface area contributed by atoms with Gasteiger partial charge in [0.25, 0.3) is 0 Å². The van der Waals surface area contributed by atoms with Gasteiger partial charge in [0.15, 0.2) is 0 Å². The van der Waals surface area contributed by atoms with Gasteiger partial charge in [-0.1, -0.05) is 182 Å². The smallest absolute Gasteiger partial charge is 0.870 e. The third-order valence-corrected chi connectivity index (χ3v) is 15.8. The second kappa shape index (κ2) is 28.7. The SMILES string of the molecule is COC(=O)[C@@H]1C[C@H](N2CCCC(Cc3ccccc3)C2)CN1C(=O)C(c1ccccc1)c1ccccc1.O.O=C(O)[C@@H]1C[C@H](N2CCCC(Cc3ccccc3)C2)CN1C(=O)C(c1ccccc1)c1ccccc1.[Li+].[OH-]. The number of ether oxygens (including phenoxy) is 1. The van der Waals surface area contributed by atoms with Crippen LogP contribution in [-0.4, -0.2) is 130 Å². The van der Waals surface area contributed by atoms with E-state index in [0.29, 0.717) is 37.8 Å². The van der Waals surface area contributed by atoms with Gasteiger partial charge in [-0.3, -0.25) is 19.4 Å². The topological polar surface area (TPSA) is 172 Å². The number of methoxy groups -OCH3 is 1. The van der Waals surface area contributed by atoms with Crippen molar-refractivity contribution in [3.05, 3.63) is 215 Å². The summed E-state index contributed by atoms with van der Waals surface area (Å²) in [6.45, 7) is 4.93. The molecule has 6 atom stereocenters. The fraction of sp³-hybridized carbons (Fsp3) is 0.365. The number of benzene rings is 6. The van der Waals surface area contributed by atoms with E-state index >= 15 is 0 Å². The molecule has 6 aromatic carbocycles. The van der Waals surface area contributed by atoms with Gasteiger partial charge >= 0.3 is 30.8 Å². The predicted octanol–water partition coefficient (Wildman–Crippen LogP) is 5.75. The van der Waals surface area contributed by atoms with Crippen molar-refractivity contribution >= 4 is 23.8 Å². The van der Waals surface area contributed by atoms with Crippen molar-refractivity contribution in [2.75, 3.05) is 46.4 Å². The monoisotopic (exact) mass is 1020 g/mol. The first-order valence-electron chi connectivity index (χ1n) is 26.4. The van der Waals surface area contributed by atoms with Crippen LogP contribution in [0.15, 0.2) is 182 Å². The first-order valence-corrected chi connectivity index (χ1v) is 26.4. The van der Waals surface area contributed by atoms with Gasteiger partial charge in [0.05, 0.1) is 18.9 Å². The normalized spacial score (nSPS) is 21.5. The third kappa shape index (κ3) is 14.6. The maximum Gasteiger partial charge on any atom is 1.00 e. The summed E-state index contributed by atoms with van der Waals surface area (Å²) < 4.78 is 5.19. The maximum atomic E-state index is 14.2. The molecule has 394 valence electrons. The van der Waals surface area contributed by atoms with E-state index in [-0.39, 0.29) is 59.7 Å². The summed E-state index contributed by atoms with van der Waals surface area (Å²) in [5, 5.41) is 10.1. The number of amides is 2. The fourth-order valence-corrected chi connectivity index (χ4v) is 12.2. The molecule has 0 aromatic heterocycles. The van der Waals surface area contributed by atoms with Gasteiger partial charge in [-0.05, 0) is 110 Å². The molecule has 4 N–H and O–H groups in total. The van der Waals surface area contributed by atoms with Crippen LogP contribution in [0.1, 0.15) is 83.7 Å². The second-order valence-electron chi connectivity index (χ2n) is 20.5. The summed E-state index contributed by atoms with van der Waals surface area (Å²) in [5.41, 5.74) is 6.38. The number of piperidine rings is 2. The van der Waals surface area contributed by atoms with E-state index in [1.165, 1.54) is 31.1 Å². The van der Waals surface area contributed by atoms with Crippen molar-refractivity contribution in [3.8, 4) is 0 Å². The number of carbonyl (C=O) groups is 4. The third-order valence-electron chi connectivity index (χ3n) is 15.8. The molecule has 76 heavy (non-hydrogen) atoms. The van der Waals surface area contributed by atoms with Crippen molar-refractivity contribution < 1.29 is 58.8 Å². The summed E-state index contributed by atoms with van der Waals surface area (Å²) in [6, 6.07) is 59.3. The summed E-state index contributed by atoms with van der Waals surface area (Å²) in [4.78, 5) is 61.9. The Morgan fingerprint density at radius 1 is 0.500 bits per heavy atom. The Morgan fingerprint density at radius 3 is 1.14 bits per heavy atom. The number of hydrogen-bond acceptors (Lipinski definition) is 8. The van der Waals surface area contributed by atoms with Crippen LogP contribution in [0.4, 0.5) is 0 Å². The Hall–Kier alpha value is -6.36. The van der Waals surface area contributed by atoms with Crippen LogP contribution in [-0.2, 0) is 36.8 Å². The molecule has 4 aliphatic rings. The summed E-state index contributed by atoms with van der Waals surface area (Å²) in [6.07, 6.45) is 7.86. The molecule has 4 fully saturated rings. The van der Waals surface area contributed by atoms with Crippen LogP contribution in [0.25, 0.3) is 0 Å². The zero-order chi connectivity index (χ0) is 50.5. The molecule has 4 saturated heterocycles. The zero-order valence-electron chi connectivity index (χ0n) is 44.1. The number of rotatable bonds is 14.